The SMILES string of the molecule is Nc1cc(F)cc(COc2ccc(F)c(C(F)(F)F)c2)c1. The van der Waals surface area contributed by atoms with Gasteiger partial charge < -0.3 is 10.5 Å². The van der Waals surface area contributed by atoms with Gasteiger partial charge in [-0.2, -0.15) is 13.2 Å². The lowest BCUT2D eigenvalue weighted by Gasteiger charge is -2.11. The highest BCUT2D eigenvalue weighted by atomic mass is 19.4. The second-order valence-corrected chi connectivity index (χ2v) is 4.32. The van der Waals surface area contributed by atoms with Crippen molar-refractivity contribution in [3.63, 3.8) is 0 Å². The molecular formula is C14H10F5NO. The minimum Gasteiger partial charge on any atom is -0.489 e. The lowest BCUT2D eigenvalue weighted by molar-refractivity contribution is -0.140. The molecule has 0 spiro atoms. The van der Waals surface area contributed by atoms with Gasteiger partial charge in [-0.15, -0.1) is 0 Å². The second kappa shape index (κ2) is 5.59. The maximum Gasteiger partial charge on any atom is 0.419 e. The van der Waals surface area contributed by atoms with Crippen molar-refractivity contribution in [2.24, 2.45) is 0 Å². The number of hydrogen-bond acceptors (Lipinski definition) is 2. The summed E-state index contributed by atoms with van der Waals surface area (Å²) in [5, 5.41) is 0. The average molecular weight is 303 g/mol. The molecule has 0 aromatic heterocycles. The van der Waals surface area contributed by atoms with E-state index < -0.39 is 23.4 Å². The first-order chi connectivity index (χ1) is 9.75. The smallest absolute Gasteiger partial charge is 0.419 e. The van der Waals surface area contributed by atoms with Crippen LogP contribution in [0.2, 0.25) is 0 Å². The quantitative estimate of drug-likeness (QED) is 0.683. The molecule has 2 aromatic carbocycles. The highest BCUT2D eigenvalue weighted by Crippen LogP contribution is 2.33. The Kier molecular flexibility index (Phi) is 4.02. The van der Waals surface area contributed by atoms with Crippen LogP contribution in [0.1, 0.15) is 11.1 Å². The fraction of sp³-hybridized carbons (Fsp3) is 0.143. The van der Waals surface area contributed by atoms with Crippen LogP contribution in [0.5, 0.6) is 5.75 Å². The van der Waals surface area contributed by atoms with Crippen molar-refractivity contribution in [3.05, 3.63) is 59.2 Å². The molecule has 2 aromatic rings. The van der Waals surface area contributed by atoms with E-state index in [2.05, 4.69) is 0 Å². The summed E-state index contributed by atoms with van der Waals surface area (Å²) >= 11 is 0. The Labute approximate surface area is 116 Å². The van der Waals surface area contributed by atoms with Crippen molar-refractivity contribution in [2.75, 3.05) is 5.73 Å². The number of anilines is 1. The molecule has 0 aliphatic rings. The highest BCUT2D eigenvalue weighted by Gasteiger charge is 2.34. The van der Waals surface area contributed by atoms with Crippen LogP contribution in [0, 0.1) is 11.6 Å². The van der Waals surface area contributed by atoms with Gasteiger partial charge in [-0.1, -0.05) is 0 Å². The Morgan fingerprint density at radius 3 is 2.33 bits per heavy atom. The second-order valence-electron chi connectivity index (χ2n) is 4.32. The van der Waals surface area contributed by atoms with Crippen LogP contribution >= 0.6 is 0 Å². The van der Waals surface area contributed by atoms with E-state index in [4.69, 9.17) is 10.5 Å². The van der Waals surface area contributed by atoms with Crippen LogP contribution in [0.25, 0.3) is 0 Å². The first kappa shape index (κ1) is 15.1. The minimum atomic E-state index is -4.81. The van der Waals surface area contributed by atoms with E-state index in [9.17, 15) is 22.0 Å². The normalized spacial score (nSPS) is 11.5. The molecule has 0 saturated heterocycles. The number of benzene rings is 2. The summed E-state index contributed by atoms with van der Waals surface area (Å²) in [6, 6.07) is 5.95. The Morgan fingerprint density at radius 2 is 1.71 bits per heavy atom. The van der Waals surface area contributed by atoms with Crippen molar-refractivity contribution in [1.82, 2.24) is 0 Å². The van der Waals surface area contributed by atoms with Gasteiger partial charge >= 0.3 is 6.18 Å². The molecule has 0 atom stereocenters. The number of nitrogen functional groups attached to an aromatic ring is 1. The lowest BCUT2D eigenvalue weighted by Crippen LogP contribution is -2.08. The maximum atomic E-state index is 13.1. The van der Waals surface area contributed by atoms with Crippen LogP contribution in [0.3, 0.4) is 0 Å². The molecule has 7 heteroatoms. The number of hydrogen-bond donors (Lipinski definition) is 1. The number of halogens is 5. The summed E-state index contributed by atoms with van der Waals surface area (Å²) in [7, 11) is 0. The predicted octanol–water partition coefficient (Wildman–Crippen LogP) is 4.14. The van der Waals surface area contributed by atoms with Crippen molar-refractivity contribution in [3.8, 4) is 5.75 Å². The lowest BCUT2D eigenvalue weighted by atomic mass is 10.2. The van der Waals surface area contributed by atoms with Crippen LogP contribution in [-0.4, -0.2) is 0 Å². The molecule has 0 saturated carbocycles. The molecule has 2 N–H and O–H groups in total. The van der Waals surface area contributed by atoms with Crippen LogP contribution in [-0.2, 0) is 12.8 Å². The minimum absolute atomic E-state index is 0.170. The van der Waals surface area contributed by atoms with Gasteiger partial charge in [-0.05, 0) is 42.0 Å². The van der Waals surface area contributed by atoms with Gasteiger partial charge in [0.25, 0.3) is 0 Å². The monoisotopic (exact) mass is 303 g/mol. The first-order valence-electron chi connectivity index (χ1n) is 5.80. The molecule has 112 valence electrons. The van der Waals surface area contributed by atoms with Crippen LogP contribution in [0.15, 0.2) is 36.4 Å². The van der Waals surface area contributed by atoms with Gasteiger partial charge in [0.05, 0.1) is 5.56 Å². The molecule has 0 fully saturated rings. The van der Waals surface area contributed by atoms with Crippen molar-refractivity contribution < 1.29 is 26.7 Å². The van der Waals surface area contributed by atoms with Crippen molar-refractivity contribution in [2.45, 2.75) is 12.8 Å². The van der Waals surface area contributed by atoms with Crippen LogP contribution in [0.4, 0.5) is 27.6 Å². The van der Waals surface area contributed by atoms with E-state index in [1.165, 1.54) is 6.07 Å². The summed E-state index contributed by atoms with van der Waals surface area (Å²) in [6.07, 6.45) is -4.81. The van der Waals surface area contributed by atoms with Crippen molar-refractivity contribution >= 4 is 5.69 Å². The Morgan fingerprint density at radius 1 is 1.00 bits per heavy atom. The largest absolute Gasteiger partial charge is 0.489 e. The van der Waals surface area contributed by atoms with Gasteiger partial charge in [-0.25, -0.2) is 8.78 Å². The summed E-state index contributed by atoms with van der Waals surface area (Å²) in [4.78, 5) is 0. The number of nitrogens with two attached hydrogens (primary N) is 1. The Balaban J connectivity index is 2.17. The standard InChI is InChI=1S/C14H10F5NO/c15-9-3-8(4-10(20)5-9)7-21-11-1-2-13(16)12(6-11)14(17,18)19/h1-6H,7,20H2. The van der Waals surface area contributed by atoms with E-state index in [1.807, 2.05) is 0 Å². The molecule has 0 aliphatic heterocycles. The zero-order chi connectivity index (χ0) is 15.6. The maximum absolute atomic E-state index is 13.1. The molecule has 2 rings (SSSR count). The Bertz CT molecular complexity index is 634. The molecule has 0 heterocycles. The van der Waals surface area contributed by atoms with E-state index in [0.717, 1.165) is 18.2 Å². The Hall–Kier alpha value is -2.31. The summed E-state index contributed by atoms with van der Waals surface area (Å²) in [5.74, 6) is -2.14. The fourth-order valence-corrected chi connectivity index (χ4v) is 1.74. The number of rotatable bonds is 3. The average Bonchev–Trinajstić information content (AvgIpc) is 2.35. The molecule has 0 bridgehead atoms. The van der Waals surface area contributed by atoms with Gasteiger partial charge in [-0.3, -0.25) is 0 Å². The molecule has 0 aliphatic carbocycles. The fourth-order valence-electron chi connectivity index (χ4n) is 1.74. The van der Waals surface area contributed by atoms with E-state index in [0.29, 0.717) is 17.7 Å². The number of ether oxygens (including phenoxy) is 1. The third-order valence-corrected chi connectivity index (χ3v) is 2.63. The first-order valence-corrected chi connectivity index (χ1v) is 5.80. The van der Waals surface area contributed by atoms with Crippen LogP contribution < -0.4 is 10.5 Å². The predicted molar refractivity (Wildman–Crippen MR) is 66.5 cm³/mol. The van der Waals surface area contributed by atoms with Gasteiger partial charge in [0.2, 0.25) is 0 Å². The van der Waals surface area contributed by atoms with E-state index >= 15 is 0 Å². The summed E-state index contributed by atoms with van der Waals surface area (Å²) in [6.45, 7) is -0.190. The molecule has 2 nitrogen and oxygen atoms in total. The topological polar surface area (TPSA) is 35.2 Å². The van der Waals surface area contributed by atoms with E-state index in [-0.39, 0.29) is 18.0 Å². The summed E-state index contributed by atoms with van der Waals surface area (Å²) in [5.41, 5.74) is 4.54. The van der Waals surface area contributed by atoms with E-state index in [1.54, 1.807) is 0 Å². The molecule has 0 unspecified atom stereocenters. The third kappa shape index (κ3) is 3.84. The zero-order valence-electron chi connectivity index (χ0n) is 10.5. The van der Waals surface area contributed by atoms with Gasteiger partial charge in [0, 0.05) is 5.69 Å². The van der Waals surface area contributed by atoms with Gasteiger partial charge in [0.15, 0.2) is 0 Å². The van der Waals surface area contributed by atoms with Gasteiger partial charge in [0.1, 0.15) is 24.0 Å². The molecular weight excluding hydrogens is 293 g/mol. The zero-order valence-corrected chi connectivity index (χ0v) is 10.5. The summed E-state index contributed by atoms with van der Waals surface area (Å²) < 4.78 is 68.9. The molecule has 0 radical (unpaired) electrons. The van der Waals surface area contributed by atoms with Crippen molar-refractivity contribution in [1.29, 1.82) is 0 Å². The third-order valence-electron chi connectivity index (χ3n) is 2.63. The highest BCUT2D eigenvalue weighted by molar-refractivity contribution is 5.41. The molecule has 0 amide bonds. The molecule has 21 heavy (non-hydrogen) atoms. The number of alkyl halides is 3.